The van der Waals surface area contributed by atoms with Crippen LogP contribution in [-0.2, 0) is 0 Å². The normalized spacial score (nSPS) is 11.6. The number of fused-ring (bicyclic) bond motifs is 8. The highest BCUT2D eigenvalue weighted by atomic mass is 16.3. The lowest BCUT2D eigenvalue weighted by molar-refractivity contribution is 0.673. The van der Waals surface area contributed by atoms with Gasteiger partial charge in [0.25, 0.3) is 0 Å². The summed E-state index contributed by atoms with van der Waals surface area (Å²) in [5, 5.41) is 7.01. The molecule has 3 heteroatoms. The summed E-state index contributed by atoms with van der Waals surface area (Å²) < 4.78 is 9.06. The largest absolute Gasteiger partial charge is 0.455 e. The average molecular weight is 779 g/mol. The van der Waals surface area contributed by atoms with Gasteiger partial charge in [-0.2, -0.15) is 0 Å². The van der Waals surface area contributed by atoms with Crippen LogP contribution in [0.3, 0.4) is 0 Å². The van der Waals surface area contributed by atoms with Gasteiger partial charge in [0, 0.05) is 38.3 Å². The maximum absolute atomic E-state index is 6.64. The van der Waals surface area contributed by atoms with Crippen LogP contribution in [0.15, 0.2) is 235 Å². The molecule has 0 saturated carbocycles. The fourth-order valence-electron chi connectivity index (χ4n) is 9.37. The highest BCUT2D eigenvalue weighted by Crippen LogP contribution is 2.45. The van der Waals surface area contributed by atoms with Crippen molar-refractivity contribution in [3.05, 3.63) is 231 Å². The number of anilines is 3. The van der Waals surface area contributed by atoms with Gasteiger partial charge in [-0.05, 0) is 105 Å². The highest BCUT2D eigenvalue weighted by Gasteiger charge is 2.22. The van der Waals surface area contributed by atoms with Crippen LogP contribution in [0.1, 0.15) is 0 Å². The number of nitrogens with zero attached hydrogens (tertiary/aromatic N) is 2. The molecule has 0 spiro atoms. The average Bonchev–Trinajstić information content (AvgIpc) is 3.89. The van der Waals surface area contributed by atoms with Crippen molar-refractivity contribution in [2.45, 2.75) is 0 Å². The van der Waals surface area contributed by atoms with Gasteiger partial charge in [0.1, 0.15) is 11.2 Å². The molecule has 0 fully saturated rings. The molecule has 0 N–H and O–H groups in total. The van der Waals surface area contributed by atoms with E-state index in [4.69, 9.17) is 4.42 Å². The van der Waals surface area contributed by atoms with Crippen LogP contribution in [0.25, 0.3) is 93.6 Å². The number of benzene rings is 10. The van der Waals surface area contributed by atoms with Crippen molar-refractivity contribution in [3.63, 3.8) is 0 Å². The summed E-state index contributed by atoms with van der Waals surface area (Å²) in [4.78, 5) is 2.41. The molecule has 12 aromatic rings. The summed E-state index contributed by atoms with van der Waals surface area (Å²) in [7, 11) is 0. The van der Waals surface area contributed by atoms with Crippen LogP contribution in [0, 0.1) is 0 Å². The molecule has 0 unspecified atom stereocenters. The maximum Gasteiger partial charge on any atom is 0.143 e. The third-order valence-electron chi connectivity index (χ3n) is 12.2. The van der Waals surface area contributed by atoms with Crippen LogP contribution in [-0.4, -0.2) is 4.57 Å². The predicted octanol–water partition coefficient (Wildman–Crippen LogP) is 16.3. The second-order valence-electron chi connectivity index (χ2n) is 15.7. The van der Waals surface area contributed by atoms with Crippen molar-refractivity contribution in [1.82, 2.24) is 4.57 Å². The predicted molar refractivity (Wildman–Crippen MR) is 257 cm³/mol. The molecule has 0 amide bonds. The molecular formula is C58H38N2O. The number of hydrogen-bond donors (Lipinski definition) is 0. The van der Waals surface area contributed by atoms with E-state index in [1.54, 1.807) is 0 Å². The second kappa shape index (κ2) is 14.3. The van der Waals surface area contributed by atoms with Gasteiger partial charge in [-0.25, -0.2) is 0 Å². The fraction of sp³-hybridized carbons (Fsp3) is 0. The van der Waals surface area contributed by atoms with Gasteiger partial charge in [-0.1, -0.05) is 164 Å². The zero-order valence-corrected chi connectivity index (χ0v) is 33.2. The SMILES string of the molecule is c1ccc(-c2cccc(-c3ccc(N(c4cccc(-c5cccc6oc7c8ccccc8ccc7c56)c4)c4ccccc4-n4c5ccccc5c5ccccc54)cc3)c2)cc1. The van der Waals surface area contributed by atoms with Crippen LogP contribution in [0.2, 0.25) is 0 Å². The summed E-state index contributed by atoms with van der Waals surface area (Å²) in [6, 6.07) is 82.9. The molecule has 0 atom stereocenters. The van der Waals surface area contributed by atoms with Gasteiger partial charge in [-0.15, -0.1) is 0 Å². The van der Waals surface area contributed by atoms with Crippen LogP contribution < -0.4 is 4.90 Å². The highest BCUT2D eigenvalue weighted by molar-refractivity contribution is 6.19. The summed E-state index contributed by atoms with van der Waals surface area (Å²) >= 11 is 0. The summed E-state index contributed by atoms with van der Waals surface area (Å²) in [5.41, 5.74) is 15.4. The molecule has 0 aliphatic heterocycles. The van der Waals surface area contributed by atoms with E-state index in [-0.39, 0.29) is 0 Å². The number of aromatic nitrogens is 1. The fourth-order valence-corrected chi connectivity index (χ4v) is 9.37. The molecule has 61 heavy (non-hydrogen) atoms. The minimum atomic E-state index is 0.884. The van der Waals surface area contributed by atoms with E-state index >= 15 is 0 Å². The van der Waals surface area contributed by atoms with Gasteiger partial charge < -0.3 is 13.9 Å². The van der Waals surface area contributed by atoms with Crippen molar-refractivity contribution >= 4 is 71.6 Å². The molecule has 0 radical (unpaired) electrons. The molecule has 0 bridgehead atoms. The van der Waals surface area contributed by atoms with E-state index in [1.807, 2.05) is 0 Å². The molecule has 0 aliphatic carbocycles. The van der Waals surface area contributed by atoms with E-state index in [0.29, 0.717) is 0 Å². The zero-order chi connectivity index (χ0) is 40.3. The lowest BCUT2D eigenvalue weighted by Gasteiger charge is -2.29. The minimum absolute atomic E-state index is 0.884. The quantitative estimate of drug-likeness (QED) is 0.161. The van der Waals surface area contributed by atoms with Crippen molar-refractivity contribution in [1.29, 1.82) is 0 Å². The molecule has 0 saturated heterocycles. The minimum Gasteiger partial charge on any atom is -0.455 e. The van der Waals surface area contributed by atoms with Gasteiger partial charge in [-0.3, -0.25) is 0 Å². The Bertz CT molecular complexity index is 3540. The van der Waals surface area contributed by atoms with E-state index in [9.17, 15) is 0 Å². The Balaban J connectivity index is 1.05. The summed E-state index contributed by atoms with van der Waals surface area (Å²) in [6.07, 6.45) is 0. The molecule has 286 valence electrons. The maximum atomic E-state index is 6.64. The van der Waals surface area contributed by atoms with Crippen molar-refractivity contribution in [2.75, 3.05) is 4.90 Å². The number of furan rings is 1. The molecule has 10 aromatic carbocycles. The lowest BCUT2D eigenvalue weighted by atomic mass is 9.97. The smallest absolute Gasteiger partial charge is 0.143 e. The number of para-hydroxylation sites is 4. The summed E-state index contributed by atoms with van der Waals surface area (Å²) in [6.45, 7) is 0. The zero-order valence-electron chi connectivity index (χ0n) is 33.2. The Morgan fingerprint density at radius 1 is 0.361 bits per heavy atom. The van der Waals surface area contributed by atoms with Crippen LogP contribution in [0.4, 0.5) is 17.1 Å². The van der Waals surface area contributed by atoms with E-state index in [0.717, 1.165) is 66.8 Å². The first kappa shape index (κ1) is 34.9. The van der Waals surface area contributed by atoms with E-state index in [1.165, 1.54) is 43.9 Å². The van der Waals surface area contributed by atoms with Gasteiger partial charge in [0.05, 0.1) is 22.4 Å². The first-order chi connectivity index (χ1) is 30.3. The molecule has 2 aromatic heterocycles. The first-order valence-electron chi connectivity index (χ1n) is 20.8. The van der Waals surface area contributed by atoms with E-state index in [2.05, 4.69) is 240 Å². The molecule has 2 heterocycles. The van der Waals surface area contributed by atoms with Crippen LogP contribution >= 0.6 is 0 Å². The third-order valence-corrected chi connectivity index (χ3v) is 12.2. The second-order valence-corrected chi connectivity index (χ2v) is 15.7. The lowest BCUT2D eigenvalue weighted by Crippen LogP contribution is -2.13. The molecule has 3 nitrogen and oxygen atoms in total. The van der Waals surface area contributed by atoms with Crippen molar-refractivity contribution < 1.29 is 4.42 Å². The monoisotopic (exact) mass is 778 g/mol. The Kier molecular flexibility index (Phi) is 8.17. The van der Waals surface area contributed by atoms with E-state index < -0.39 is 0 Å². The van der Waals surface area contributed by atoms with Gasteiger partial charge >= 0.3 is 0 Å². The molecule has 0 aliphatic rings. The molecular weight excluding hydrogens is 741 g/mol. The van der Waals surface area contributed by atoms with Crippen molar-refractivity contribution in [3.8, 4) is 39.1 Å². The van der Waals surface area contributed by atoms with Crippen LogP contribution in [0.5, 0.6) is 0 Å². The Hall–Kier alpha value is -8.14. The third kappa shape index (κ3) is 5.82. The number of hydrogen-bond acceptors (Lipinski definition) is 2. The first-order valence-corrected chi connectivity index (χ1v) is 20.8. The van der Waals surface area contributed by atoms with Gasteiger partial charge in [0.15, 0.2) is 0 Å². The molecule has 12 rings (SSSR count). The Morgan fingerprint density at radius 3 is 1.75 bits per heavy atom. The summed E-state index contributed by atoms with van der Waals surface area (Å²) in [5.74, 6) is 0. The number of rotatable bonds is 7. The van der Waals surface area contributed by atoms with Crippen molar-refractivity contribution in [2.24, 2.45) is 0 Å². The van der Waals surface area contributed by atoms with Gasteiger partial charge in [0.2, 0.25) is 0 Å². The Morgan fingerprint density at radius 2 is 0.967 bits per heavy atom. The Labute approximate surface area is 353 Å². The topological polar surface area (TPSA) is 21.3 Å². The standard InChI is InChI=1S/C58H38N2O/c1-2-15-39(16-3-1)42-18-12-19-43(37-42)40-31-34-45(35-32-40)59(54-28-10-11-29-55(54)60-52-26-8-6-23-49(52)50-24-7-9-27-53(50)60)46-21-13-20-44(38-46)47-25-14-30-56-57(47)51-36-33-41-17-4-5-22-48(41)58(51)61-56/h1-38H.